The molecule has 4 heterocycles. The van der Waals surface area contributed by atoms with E-state index in [1.54, 1.807) is 7.05 Å². The van der Waals surface area contributed by atoms with Crippen molar-refractivity contribution < 1.29 is 27.2 Å². The second-order valence-corrected chi connectivity index (χ2v) is 11.2. The zero-order valence-electron chi connectivity index (χ0n) is 24.7. The minimum Gasteiger partial charge on any atom is -0.345 e. The van der Waals surface area contributed by atoms with Crippen molar-refractivity contribution >= 4 is 11.8 Å². The number of aryl methyl sites for hydroxylation is 1. The van der Waals surface area contributed by atoms with Crippen LogP contribution in [0.15, 0.2) is 54.6 Å². The SMILES string of the molecule is CN1NN(CC(F)CCn2cc(C(=O)NCc3cccc(C(C)(C)C)n3)nn2)C=C1C(=O)NCc1cc(C(F)(F)F)ccn1. The van der Waals surface area contributed by atoms with Gasteiger partial charge in [-0.1, -0.05) is 32.1 Å². The molecule has 4 rings (SSSR count). The second-order valence-electron chi connectivity index (χ2n) is 11.2. The van der Waals surface area contributed by atoms with Gasteiger partial charge in [0.2, 0.25) is 0 Å². The van der Waals surface area contributed by atoms with Crippen LogP contribution in [0.5, 0.6) is 0 Å². The summed E-state index contributed by atoms with van der Waals surface area (Å²) in [5.74, 6) is -1.01. The van der Waals surface area contributed by atoms with Crippen molar-refractivity contribution in [1.29, 1.82) is 0 Å². The zero-order valence-corrected chi connectivity index (χ0v) is 24.7. The summed E-state index contributed by atoms with van der Waals surface area (Å²) in [6.45, 7) is 6.20. The molecule has 1 aliphatic heterocycles. The van der Waals surface area contributed by atoms with Crippen molar-refractivity contribution in [2.45, 2.75) is 64.6 Å². The second kappa shape index (κ2) is 13.4. The average Bonchev–Trinajstić information content (AvgIpc) is 3.59. The van der Waals surface area contributed by atoms with Crippen LogP contribution < -0.4 is 16.2 Å². The van der Waals surface area contributed by atoms with Crippen LogP contribution in [-0.4, -0.2) is 66.6 Å². The van der Waals surface area contributed by atoms with Gasteiger partial charge in [0.25, 0.3) is 11.8 Å². The number of amides is 2. The number of alkyl halides is 4. The van der Waals surface area contributed by atoms with Gasteiger partial charge in [-0.05, 0) is 24.3 Å². The summed E-state index contributed by atoms with van der Waals surface area (Å²) in [4.78, 5) is 33.6. The number of hydrazine groups is 2. The lowest BCUT2D eigenvalue weighted by molar-refractivity contribution is -0.137. The first kappa shape index (κ1) is 32.3. The Hall–Kier alpha value is -4.60. The fourth-order valence-corrected chi connectivity index (χ4v) is 4.17. The Morgan fingerprint density at radius 1 is 1.05 bits per heavy atom. The maximum Gasteiger partial charge on any atom is 0.416 e. The van der Waals surface area contributed by atoms with Gasteiger partial charge in [-0.3, -0.25) is 34.3 Å². The summed E-state index contributed by atoms with van der Waals surface area (Å²) in [6.07, 6.45) is -1.96. The van der Waals surface area contributed by atoms with Crippen LogP contribution in [0, 0.1) is 0 Å². The summed E-state index contributed by atoms with van der Waals surface area (Å²) in [6, 6.07) is 7.36. The fourth-order valence-electron chi connectivity index (χ4n) is 4.17. The summed E-state index contributed by atoms with van der Waals surface area (Å²) in [7, 11) is 1.54. The van der Waals surface area contributed by atoms with Crippen molar-refractivity contribution in [1.82, 2.24) is 51.1 Å². The Labute approximate surface area is 251 Å². The number of pyridine rings is 2. The Kier molecular flexibility index (Phi) is 9.81. The quantitative estimate of drug-likeness (QED) is 0.278. The van der Waals surface area contributed by atoms with Crippen LogP contribution in [0.4, 0.5) is 17.6 Å². The Morgan fingerprint density at radius 3 is 2.50 bits per heavy atom. The molecule has 16 heteroatoms. The van der Waals surface area contributed by atoms with Crippen LogP contribution in [0.1, 0.15) is 60.3 Å². The number of hydrogen-bond donors (Lipinski definition) is 3. The number of nitrogens with zero attached hydrogens (tertiary/aromatic N) is 7. The van der Waals surface area contributed by atoms with Gasteiger partial charge in [-0.2, -0.15) is 13.2 Å². The molecule has 44 heavy (non-hydrogen) atoms. The number of hydrogen-bond acceptors (Lipinski definition) is 9. The van der Waals surface area contributed by atoms with Gasteiger partial charge in [0.15, 0.2) is 5.69 Å². The van der Waals surface area contributed by atoms with E-state index < -0.39 is 29.7 Å². The fraction of sp³-hybridized carbons (Fsp3) is 0.429. The largest absolute Gasteiger partial charge is 0.416 e. The molecule has 1 aliphatic rings. The molecule has 3 aromatic rings. The Balaban J connectivity index is 1.22. The van der Waals surface area contributed by atoms with E-state index in [-0.39, 0.29) is 55.1 Å². The van der Waals surface area contributed by atoms with Gasteiger partial charge in [-0.25, -0.2) is 4.39 Å². The molecule has 12 nitrogen and oxygen atoms in total. The number of halogens is 4. The van der Waals surface area contributed by atoms with Gasteiger partial charge < -0.3 is 10.6 Å². The third-order valence-electron chi connectivity index (χ3n) is 6.57. The van der Waals surface area contributed by atoms with Crippen molar-refractivity contribution in [3.8, 4) is 0 Å². The van der Waals surface area contributed by atoms with Gasteiger partial charge in [-0.15, -0.1) is 10.6 Å². The molecule has 0 fully saturated rings. The van der Waals surface area contributed by atoms with E-state index in [9.17, 15) is 27.2 Å². The standard InChI is InChI=1S/C28H34F4N10O2/c1-27(2,3)24-7-5-6-20(36-24)13-34-25(43)22-16-41(38-37-22)11-9-19(29)15-42-17-23(40(4)39-42)26(44)35-14-21-12-18(8-10-33-21)28(30,31)32/h5-8,10,12,16-17,19,39H,9,11,13-15H2,1-4H3,(H,34,43)(H,35,44). The average molecular weight is 619 g/mol. The van der Waals surface area contributed by atoms with Crippen LogP contribution in [0.25, 0.3) is 0 Å². The lowest BCUT2D eigenvalue weighted by Gasteiger charge is -2.21. The van der Waals surface area contributed by atoms with Crippen LogP contribution in [0.3, 0.4) is 0 Å². The van der Waals surface area contributed by atoms with Gasteiger partial charge >= 0.3 is 6.18 Å². The van der Waals surface area contributed by atoms with Crippen LogP contribution in [0.2, 0.25) is 0 Å². The zero-order chi connectivity index (χ0) is 32.1. The number of aromatic nitrogens is 5. The smallest absolute Gasteiger partial charge is 0.345 e. The first-order valence-electron chi connectivity index (χ1n) is 13.8. The van der Waals surface area contributed by atoms with E-state index in [1.807, 2.05) is 18.2 Å². The molecular formula is C28H34F4N10O2. The molecule has 0 aliphatic carbocycles. The van der Waals surface area contributed by atoms with Crippen LogP contribution in [-0.2, 0) is 36.0 Å². The molecule has 3 aromatic heterocycles. The molecule has 0 saturated heterocycles. The molecule has 3 N–H and O–H groups in total. The highest BCUT2D eigenvalue weighted by Crippen LogP contribution is 2.29. The van der Waals surface area contributed by atoms with Crippen LogP contribution >= 0.6 is 0 Å². The molecule has 1 atom stereocenters. The summed E-state index contributed by atoms with van der Waals surface area (Å²) < 4.78 is 54.9. The van der Waals surface area contributed by atoms with E-state index in [0.29, 0.717) is 5.69 Å². The monoisotopic (exact) mass is 618 g/mol. The number of likely N-dealkylation sites (N-methyl/N-ethyl adjacent to an activating group) is 1. The highest BCUT2D eigenvalue weighted by Gasteiger charge is 2.31. The van der Waals surface area contributed by atoms with Crippen molar-refractivity contribution in [2.24, 2.45) is 0 Å². The minimum atomic E-state index is -4.52. The van der Waals surface area contributed by atoms with E-state index in [0.717, 1.165) is 24.0 Å². The van der Waals surface area contributed by atoms with E-state index >= 15 is 0 Å². The highest BCUT2D eigenvalue weighted by molar-refractivity contribution is 5.92. The highest BCUT2D eigenvalue weighted by atomic mass is 19.4. The summed E-state index contributed by atoms with van der Waals surface area (Å²) in [5, 5.41) is 15.8. The maximum atomic E-state index is 14.8. The lowest BCUT2D eigenvalue weighted by atomic mass is 9.91. The molecule has 0 saturated carbocycles. The third-order valence-corrected chi connectivity index (χ3v) is 6.57. The predicted octanol–water partition coefficient (Wildman–Crippen LogP) is 2.87. The predicted molar refractivity (Wildman–Crippen MR) is 150 cm³/mol. The lowest BCUT2D eigenvalue weighted by Crippen LogP contribution is -2.42. The first-order valence-corrected chi connectivity index (χ1v) is 13.8. The van der Waals surface area contributed by atoms with Crippen molar-refractivity contribution in [3.63, 3.8) is 0 Å². The Bertz CT molecular complexity index is 1500. The van der Waals surface area contributed by atoms with E-state index in [2.05, 4.69) is 57.2 Å². The third kappa shape index (κ3) is 8.72. The van der Waals surface area contributed by atoms with Gasteiger partial charge in [0.1, 0.15) is 11.9 Å². The van der Waals surface area contributed by atoms with E-state index in [1.165, 1.54) is 27.1 Å². The number of rotatable bonds is 11. The first-order chi connectivity index (χ1) is 20.7. The molecule has 236 valence electrons. The van der Waals surface area contributed by atoms with Gasteiger partial charge in [0.05, 0.1) is 42.8 Å². The molecule has 2 amide bonds. The molecule has 0 radical (unpaired) electrons. The van der Waals surface area contributed by atoms with Crippen molar-refractivity contribution in [3.05, 3.63) is 83.0 Å². The summed E-state index contributed by atoms with van der Waals surface area (Å²) in [5.41, 5.74) is 3.72. The Morgan fingerprint density at radius 2 is 1.77 bits per heavy atom. The number of carbonyl (C=O) groups excluding carboxylic acids is 2. The topological polar surface area (TPSA) is 133 Å². The minimum absolute atomic E-state index is 0.0414. The van der Waals surface area contributed by atoms with Crippen molar-refractivity contribution in [2.75, 3.05) is 13.6 Å². The molecule has 0 bridgehead atoms. The molecule has 0 spiro atoms. The van der Waals surface area contributed by atoms with Gasteiger partial charge in [0, 0.05) is 43.5 Å². The maximum absolute atomic E-state index is 14.8. The summed E-state index contributed by atoms with van der Waals surface area (Å²) >= 11 is 0. The molecule has 1 unspecified atom stereocenters. The normalized spacial score (nSPS) is 14.4. The number of nitrogens with one attached hydrogen (secondary N) is 3. The number of carbonyl (C=O) groups is 2. The van der Waals surface area contributed by atoms with E-state index in [4.69, 9.17) is 0 Å². The molecular weight excluding hydrogens is 584 g/mol. The molecule has 0 aromatic carbocycles.